The quantitative estimate of drug-likeness (QED) is 0.777. The molecule has 5 nitrogen and oxygen atoms in total. The first-order chi connectivity index (χ1) is 10.6. The number of carboxylic acid groups (broad SMARTS) is 1. The number of benzene rings is 1. The lowest BCUT2D eigenvalue weighted by molar-refractivity contribution is -0.175. The topological polar surface area (TPSA) is 75.6 Å². The fourth-order valence-electron chi connectivity index (χ4n) is 1.72. The van der Waals surface area contributed by atoms with Gasteiger partial charge in [-0.1, -0.05) is 6.07 Å². The van der Waals surface area contributed by atoms with Crippen LogP contribution in [0.15, 0.2) is 12.1 Å². The van der Waals surface area contributed by atoms with Gasteiger partial charge in [-0.05, 0) is 24.5 Å². The van der Waals surface area contributed by atoms with Crippen LogP contribution in [0.1, 0.15) is 12.0 Å². The molecular formula is C13H12F5NO4. The number of aryl methyl sites for hydroxylation is 1. The van der Waals surface area contributed by atoms with E-state index < -0.39 is 48.6 Å². The summed E-state index contributed by atoms with van der Waals surface area (Å²) in [6.45, 7) is 0. The summed E-state index contributed by atoms with van der Waals surface area (Å²) in [5.74, 6) is -7.11. The van der Waals surface area contributed by atoms with Crippen LogP contribution in [0.5, 0.6) is 5.75 Å². The molecule has 0 aromatic heterocycles. The van der Waals surface area contributed by atoms with E-state index in [0.717, 1.165) is 19.2 Å². The van der Waals surface area contributed by atoms with Gasteiger partial charge in [0.25, 0.3) is 0 Å². The standard InChI is InChI=1S/C13H12F5NO4/c1-23-8-5-3-6(9(14)10(8)15)2-4-7(11(20)21)19-12(22)13(16,17)18/h3,5,7H,2,4H2,1H3,(H,19,22)(H,20,21). The number of carbonyl (C=O) groups is 2. The number of amides is 1. The van der Waals surface area contributed by atoms with E-state index in [2.05, 4.69) is 4.74 Å². The summed E-state index contributed by atoms with van der Waals surface area (Å²) in [6.07, 6.45) is -6.20. The maximum Gasteiger partial charge on any atom is 0.471 e. The van der Waals surface area contributed by atoms with Crippen molar-refractivity contribution in [1.29, 1.82) is 0 Å². The van der Waals surface area contributed by atoms with E-state index >= 15 is 0 Å². The van der Waals surface area contributed by atoms with Crippen LogP contribution in [0, 0.1) is 11.6 Å². The average molecular weight is 341 g/mol. The number of methoxy groups -OCH3 is 1. The molecule has 0 radical (unpaired) electrons. The van der Waals surface area contributed by atoms with Crippen molar-refractivity contribution in [2.24, 2.45) is 0 Å². The molecule has 10 heteroatoms. The molecule has 1 rings (SSSR count). The third-order valence-electron chi connectivity index (χ3n) is 2.91. The van der Waals surface area contributed by atoms with Gasteiger partial charge in [0.15, 0.2) is 11.6 Å². The highest BCUT2D eigenvalue weighted by molar-refractivity contribution is 5.86. The number of ether oxygens (including phenoxy) is 1. The molecule has 0 spiro atoms. The summed E-state index contributed by atoms with van der Waals surface area (Å²) in [5.41, 5.74) is -0.254. The van der Waals surface area contributed by atoms with E-state index in [-0.39, 0.29) is 11.3 Å². The smallest absolute Gasteiger partial charge is 0.471 e. The fourth-order valence-corrected chi connectivity index (χ4v) is 1.72. The fraction of sp³-hybridized carbons (Fsp3) is 0.385. The van der Waals surface area contributed by atoms with Crippen LogP contribution < -0.4 is 10.1 Å². The Morgan fingerprint density at radius 3 is 2.35 bits per heavy atom. The molecular weight excluding hydrogens is 329 g/mol. The van der Waals surface area contributed by atoms with Crippen molar-refractivity contribution in [1.82, 2.24) is 5.32 Å². The van der Waals surface area contributed by atoms with Gasteiger partial charge in [0, 0.05) is 0 Å². The molecule has 0 heterocycles. The SMILES string of the molecule is COc1ccc(CCC(NC(=O)C(F)(F)F)C(=O)O)c(F)c1F. The molecule has 0 aliphatic heterocycles. The van der Waals surface area contributed by atoms with E-state index in [4.69, 9.17) is 5.11 Å². The second kappa shape index (κ2) is 7.25. The van der Waals surface area contributed by atoms with Crippen molar-refractivity contribution in [2.75, 3.05) is 7.11 Å². The number of aliphatic carboxylic acids is 1. The Balaban J connectivity index is 2.83. The summed E-state index contributed by atoms with van der Waals surface area (Å²) < 4.78 is 68.0. The van der Waals surface area contributed by atoms with E-state index in [1.807, 2.05) is 0 Å². The van der Waals surface area contributed by atoms with Crippen LogP contribution in [0.25, 0.3) is 0 Å². The van der Waals surface area contributed by atoms with E-state index in [0.29, 0.717) is 0 Å². The first kappa shape index (κ1) is 18.7. The molecule has 1 atom stereocenters. The first-order valence-electron chi connectivity index (χ1n) is 6.19. The average Bonchev–Trinajstić information content (AvgIpc) is 2.45. The molecule has 128 valence electrons. The summed E-state index contributed by atoms with van der Waals surface area (Å²) in [6, 6.07) is 0.313. The number of carbonyl (C=O) groups excluding carboxylic acids is 1. The zero-order valence-corrected chi connectivity index (χ0v) is 11.7. The Hall–Kier alpha value is -2.39. The van der Waals surface area contributed by atoms with Crippen LogP contribution in [-0.4, -0.2) is 36.3 Å². The van der Waals surface area contributed by atoms with Crippen molar-refractivity contribution in [3.8, 4) is 5.75 Å². The third kappa shape index (κ3) is 4.80. The highest BCUT2D eigenvalue weighted by Crippen LogP contribution is 2.23. The number of hydrogen-bond donors (Lipinski definition) is 2. The maximum absolute atomic E-state index is 13.7. The molecule has 0 aliphatic rings. The monoisotopic (exact) mass is 341 g/mol. The van der Waals surface area contributed by atoms with Gasteiger partial charge in [-0.25, -0.2) is 9.18 Å². The van der Waals surface area contributed by atoms with Crippen molar-refractivity contribution in [2.45, 2.75) is 25.1 Å². The van der Waals surface area contributed by atoms with Gasteiger partial charge in [0.05, 0.1) is 7.11 Å². The molecule has 1 aromatic carbocycles. The second-order valence-corrected chi connectivity index (χ2v) is 4.46. The maximum atomic E-state index is 13.7. The number of rotatable bonds is 6. The Kier molecular flexibility index (Phi) is 5.88. The summed E-state index contributed by atoms with van der Waals surface area (Å²) >= 11 is 0. The van der Waals surface area contributed by atoms with Crippen LogP contribution in [0.3, 0.4) is 0 Å². The molecule has 0 saturated heterocycles. The predicted octanol–water partition coefficient (Wildman–Crippen LogP) is 2.04. The van der Waals surface area contributed by atoms with E-state index in [9.17, 15) is 31.5 Å². The second-order valence-electron chi connectivity index (χ2n) is 4.46. The zero-order valence-electron chi connectivity index (χ0n) is 11.7. The summed E-state index contributed by atoms with van der Waals surface area (Å²) in [5, 5.41) is 10.1. The van der Waals surface area contributed by atoms with Crippen molar-refractivity contribution < 1.29 is 41.4 Å². The lowest BCUT2D eigenvalue weighted by Crippen LogP contribution is -2.47. The minimum absolute atomic E-state index is 0.254. The Morgan fingerprint density at radius 1 is 1.26 bits per heavy atom. The third-order valence-corrected chi connectivity index (χ3v) is 2.91. The lowest BCUT2D eigenvalue weighted by Gasteiger charge is -2.16. The van der Waals surface area contributed by atoms with Gasteiger partial charge < -0.3 is 15.2 Å². The molecule has 0 fully saturated rings. The molecule has 1 amide bonds. The van der Waals surface area contributed by atoms with E-state index in [1.54, 1.807) is 0 Å². The minimum atomic E-state index is -5.24. The molecule has 1 unspecified atom stereocenters. The van der Waals surface area contributed by atoms with Gasteiger partial charge >= 0.3 is 18.1 Å². The predicted molar refractivity (Wildman–Crippen MR) is 66.9 cm³/mol. The van der Waals surface area contributed by atoms with Crippen molar-refractivity contribution in [3.05, 3.63) is 29.3 Å². The van der Waals surface area contributed by atoms with Crippen molar-refractivity contribution in [3.63, 3.8) is 0 Å². The molecule has 1 aromatic rings. The molecule has 0 aliphatic carbocycles. The number of halogens is 5. The van der Waals surface area contributed by atoms with Gasteiger partial charge in [0.1, 0.15) is 6.04 Å². The van der Waals surface area contributed by atoms with Crippen LogP contribution >= 0.6 is 0 Å². The van der Waals surface area contributed by atoms with Crippen molar-refractivity contribution >= 4 is 11.9 Å². The van der Waals surface area contributed by atoms with Gasteiger partial charge in [-0.15, -0.1) is 0 Å². The van der Waals surface area contributed by atoms with Crippen LogP contribution in [0.4, 0.5) is 22.0 Å². The molecule has 23 heavy (non-hydrogen) atoms. The van der Waals surface area contributed by atoms with Gasteiger partial charge in [0.2, 0.25) is 5.82 Å². The Labute approximate surface area is 127 Å². The minimum Gasteiger partial charge on any atom is -0.494 e. The Bertz CT molecular complexity index is 603. The largest absolute Gasteiger partial charge is 0.494 e. The summed E-state index contributed by atoms with van der Waals surface area (Å²) in [4.78, 5) is 21.6. The normalized spacial score (nSPS) is 12.6. The molecule has 0 saturated carbocycles. The Morgan fingerprint density at radius 2 is 1.87 bits per heavy atom. The first-order valence-corrected chi connectivity index (χ1v) is 6.19. The van der Waals surface area contributed by atoms with E-state index in [1.165, 1.54) is 5.32 Å². The number of hydrogen-bond acceptors (Lipinski definition) is 3. The molecule has 2 N–H and O–H groups in total. The molecule has 0 bridgehead atoms. The highest BCUT2D eigenvalue weighted by atomic mass is 19.4. The van der Waals surface area contributed by atoms with Gasteiger partial charge in [-0.3, -0.25) is 4.79 Å². The highest BCUT2D eigenvalue weighted by Gasteiger charge is 2.40. The van der Waals surface area contributed by atoms with Gasteiger partial charge in [-0.2, -0.15) is 17.6 Å². The number of alkyl halides is 3. The lowest BCUT2D eigenvalue weighted by atomic mass is 10.0. The number of nitrogens with one attached hydrogen (secondary N) is 1. The van der Waals surface area contributed by atoms with Crippen LogP contribution in [0.2, 0.25) is 0 Å². The number of carboxylic acids is 1. The van der Waals surface area contributed by atoms with Crippen LogP contribution in [-0.2, 0) is 16.0 Å². The summed E-state index contributed by atoms with van der Waals surface area (Å²) in [7, 11) is 1.12. The zero-order chi connectivity index (χ0) is 17.8.